The Labute approximate surface area is 137 Å². The van der Waals surface area contributed by atoms with Crippen LogP contribution in [0, 0.1) is 5.82 Å². The summed E-state index contributed by atoms with van der Waals surface area (Å²) in [4.78, 5) is 14.8. The Morgan fingerprint density at radius 1 is 1.22 bits per heavy atom. The van der Waals surface area contributed by atoms with Crippen LogP contribution in [0.4, 0.5) is 14.9 Å². The monoisotopic (exact) mass is 319 g/mol. The number of piperidine rings is 2. The highest BCUT2D eigenvalue weighted by molar-refractivity contribution is 5.89. The maximum Gasteiger partial charge on any atom is 0.319 e. The van der Waals surface area contributed by atoms with E-state index < -0.39 is 5.82 Å². The summed E-state index contributed by atoms with van der Waals surface area (Å²) in [5.41, 5.74) is 0.227. The molecule has 3 rings (SSSR count). The Bertz CT molecular complexity index is 549. The Morgan fingerprint density at radius 3 is 2.48 bits per heavy atom. The number of urea groups is 1. The highest BCUT2D eigenvalue weighted by Crippen LogP contribution is 2.35. The van der Waals surface area contributed by atoms with Crippen molar-refractivity contribution in [1.29, 1.82) is 0 Å². The summed E-state index contributed by atoms with van der Waals surface area (Å²) in [7, 11) is 0. The van der Waals surface area contributed by atoms with Crippen LogP contribution in [0.3, 0.4) is 0 Å². The van der Waals surface area contributed by atoms with Crippen molar-refractivity contribution >= 4 is 11.7 Å². The lowest BCUT2D eigenvalue weighted by Gasteiger charge is -2.51. The number of nitrogens with one attached hydrogen (secondary N) is 2. The number of amides is 2. The van der Waals surface area contributed by atoms with Crippen LogP contribution in [0.15, 0.2) is 24.3 Å². The van der Waals surface area contributed by atoms with E-state index in [4.69, 9.17) is 0 Å². The van der Waals surface area contributed by atoms with Crippen molar-refractivity contribution < 1.29 is 9.18 Å². The van der Waals surface area contributed by atoms with E-state index in [0.29, 0.717) is 18.1 Å². The number of rotatable bonds is 3. The van der Waals surface area contributed by atoms with Gasteiger partial charge in [0, 0.05) is 24.2 Å². The molecule has 0 aliphatic carbocycles. The van der Waals surface area contributed by atoms with E-state index in [1.54, 1.807) is 18.2 Å². The number of nitrogens with zero attached hydrogens (tertiary/aromatic N) is 1. The molecule has 0 spiro atoms. The van der Waals surface area contributed by atoms with Crippen molar-refractivity contribution in [3.63, 3.8) is 0 Å². The van der Waals surface area contributed by atoms with Gasteiger partial charge in [-0.25, -0.2) is 9.18 Å². The molecule has 1 aromatic rings. The fraction of sp³-hybridized carbons (Fsp3) is 0.611. The number of carbonyl (C=O) groups excluding carboxylic acids is 1. The second-order valence-corrected chi connectivity index (χ2v) is 7.03. The van der Waals surface area contributed by atoms with Gasteiger partial charge in [-0.05, 0) is 51.7 Å². The van der Waals surface area contributed by atoms with Crippen molar-refractivity contribution in [3.05, 3.63) is 30.1 Å². The normalized spacial score (nSPS) is 27.7. The van der Waals surface area contributed by atoms with Gasteiger partial charge in [0.1, 0.15) is 5.82 Å². The Kier molecular flexibility index (Phi) is 4.85. The summed E-state index contributed by atoms with van der Waals surface area (Å²) in [6, 6.07) is 7.78. The molecule has 2 saturated heterocycles. The molecule has 1 aromatic carbocycles. The van der Waals surface area contributed by atoms with Gasteiger partial charge < -0.3 is 10.6 Å². The molecule has 126 valence electrons. The zero-order valence-electron chi connectivity index (χ0n) is 13.9. The molecule has 4 nitrogen and oxygen atoms in total. The first-order chi connectivity index (χ1) is 11.0. The van der Waals surface area contributed by atoms with Gasteiger partial charge in [0.05, 0.1) is 5.69 Å². The highest BCUT2D eigenvalue weighted by atomic mass is 19.1. The predicted octanol–water partition coefficient (Wildman–Crippen LogP) is 3.74. The molecule has 0 radical (unpaired) electrons. The average Bonchev–Trinajstić information content (AvgIpc) is 2.48. The first kappa shape index (κ1) is 16.2. The van der Waals surface area contributed by atoms with Crippen LogP contribution in [-0.2, 0) is 0 Å². The molecule has 0 aromatic heterocycles. The van der Waals surface area contributed by atoms with Crippen LogP contribution in [0.2, 0.25) is 0 Å². The fourth-order valence-electron chi connectivity index (χ4n) is 4.29. The molecule has 2 aliphatic rings. The van der Waals surface area contributed by atoms with E-state index in [9.17, 15) is 9.18 Å². The minimum atomic E-state index is -0.408. The lowest BCUT2D eigenvalue weighted by Crippen LogP contribution is -2.59. The molecule has 2 aliphatic heterocycles. The van der Waals surface area contributed by atoms with Gasteiger partial charge in [0.15, 0.2) is 0 Å². The SMILES string of the molecule is CC(C)N1[C@H]2CCC[C@H]1CC(NC(=O)Nc1ccccc1F)C2. The van der Waals surface area contributed by atoms with Gasteiger partial charge >= 0.3 is 6.03 Å². The summed E-state index contributed by atoms with van der Waals surface area (Å²) in [5, 5.41) is 5.66. The van der Waals surface area contributed by atoms with Gasteiger partial charge in [-0.1, -0.05) is 18.6 Å². The largest absolute Gasteiger partial charge is 0.335 e. The molecule has 0 unspecified atom stereocenters. The molecule has 2 heterocycles. The summed E-state index contributed by atoms with van der Waals surface area (Å²) < 4.78 is 13.6. The lowest BCUT2D eigenvalue weighted by molar-refractivity contribution is 0.00233. The van der Waals surface area contributed by atoms with Crippen molar-refractivity contribution in [1.82, 2.24) is 10.2 Å². The number of fused-ring (bicyclic) bond motifs is 2. The van der Waals surface area contributed by atoms with E-state index in [2.05, 4.69) is 29.4 Å². The topological polar surface area (TPSA) is 44.4 Å². The molecule has 5 heteroatoms. The Balaban J connectivity index is 1.59. The third-order valence-electron chi connectivity index (χ3n) is 5.08. The van der Waals surface area contributed by atoms with Crippen molar-refractivity contribution in [2.24, 2.45) is 0 Å². The minimum absolute atomic E-state index is 0.173. The molecular weight excluding hydrogens is 293 g/mol. The third-order valence-corrected chi connectivity index (χ3v) is 5.08. The van der Waals surface area contributed by atoms with E-state index >= 15 is 0 Å². The number of para-hydroxylation sites is 1. The van der Waals surface area contributed by atoms with Crippen LogP contribution in [-0.4, -0.2) is 35.1 Å². The van der Waals surface area contributed by atoms with Gasteiger partial charge in [0.2, 0.25) is 0 Å². The molecule has 2 fully saturated rings. The standard InChI is InChI=1S/C18H26FN3O/c1-12(2)22-14-6-5-7-15(22)11-13(10-14)20-18(23)21-17-9-4-3-8-16(17)19/h3-4,8-9,12-15H,5-7,10-11H2,1-2H3,(H2,20,21,23)/t14-,15-/m0/s1. The zero-order valence-corrected chi connectivity index (χ0v) is 13.9. The molecule has 2 atom stereocenters. The minimum Gasteiger partial charge on any atom is -0.335 e. The van der Waals surface area contributed by atoms with Gasteiger partial charge in [-0.2, -0.15) is 0 Å². The lowest BCUT2D eigenvalue weighted by atomic mass is 9.81. The van der Waals surface area contributed by atoms with E-state index in [1.165, 1.54) is 25.3 Å². The molecule has 2 N–H and O–H groups in total. The second-order valence-electron chi connectivity index (χ2n) is 7.03. The quantitative estimate of drug-likeness (QED) is 0.891. The smallest absolute Gasteiger partial charge is 0.319 e. The zero-order chi connectivity index (χ0) is 16.4. The van der Waals surface area contributed by atoms with E-state index in [0.717, 1.165) is 12.8 Å². The highest BCUT2D eigenvalue weighted by Gasteiger charge is 2.39. The van der Waals surface area contributed by atoms with E-state index in [1.807, 2.05) is 0 Å². The number of hydrogen-bond donors (Lipinski definition) is 2. The second kappa shape index (κ2) is 6.87. The molecular formula is C18H26FN3O. The van der Waals surface area contributed by atoms with Gasteiger partial charge in [0.25, 0.3) is 0 Å². The molecule has 23 heavy (non-hydrogen) atoms. The molecule has 0 saturated carbocycles. The van der Waals surface area contributed by atoms with Crippen LogP contribution >= 0.6 is 0 Å². The Hall–Kier alpha value is -1.62. The maximum absolute atomic E-state index is 13.6. The summed E-state index contributed by atoms with van der Waals surface area (Å²) >= 11 is 0. The molecule has 2 amide bonds. The summed E-state index contributed by atoms with van der Waals surface area (Å²) in [6.45, 7) is 4.51. The predicted molar refractivity (Wildman–Crippen MR) is 90.0 cm³/mol. The van der Waals surface area contributed by atoms with Crippen molar-refractivity contribution in [2.45, 2.75) is 70.1 Å². The first-order valence-electron chi connectivity index (χ1n) is 8.64. The Morgan fingerprint density at radius 2 is 1.87 bits per heavy atom. The van der Waals surface area contributed by atoms with Crippen LogP contribution in [0.1, 0.15) is 46.0 Å². The van der Waals surface area contributed by atoms with Crippen LogP contribution in [0.25, 0.3) is 0 Å². The molecule has 2 bridgehead atoms. The van der Waals surface area contributed by atoms with Crippen LogP contribution < -0.4 is 10.6 Å². The number of halogens is 1. The number of anilines is 1. The summed E-state index contributed by atoms with van der Waals surface area (Å²) in [5.74, 6) is -0.408. The fourth-order valence-corrected chi connectivity index (χ4v) is 4.29. The number of carbonyl (C=O) groups is 1. The van der Waals surface area contributed by atoms with E-state index in [-0.39, 0.29) is 17.8 Å². The summed E-state index contributed by atoms with van der Waals surface area (Å²) in [6.07, 6.45) is 5.68. The average molecular weight is 319 g/mol. The maximum atomic E-state index is 13.6. The van der Waals surface area contributed by atoms with Crippen molar-refractivity contribution in [3.8, 4) is 0 Å². The van der Waals surface area contributed by atoms with Gasteiger partial charge in [-0.3, -0.25) is 4.90 Å². The number of hydrogen-bond acceptors (Lipinski definition) is 2. The number of benzene rings is 1. The van der Waals surface area contributed by atoms with Gasteiger partial charge in [-0.15, -0.1) is 0 Å². The first-order valence-corrected chi connectivity index (χ1v) is 8.64. The van der Waals surface area contributed by atoms with Crippen LogP contribution in [0.5, 0.6) is 0 Å². The third kappa shape index (κ3) is 3.66. The van der Waals surface area contributed by atoms with Crippen molar-refractivity contribution in [2.75, 3.05) is 5.32 Å².